The molecule has 0 saturated heterocycles. The van der Waals surface area contributed by atoms with Crippen molar-refractivity contribution in [1.82, 2.24) is 4.90 Å². The smallest absolute Gasteiger partial charge is 0.353 e. The zero-order valence-electron chi connectivity index (χ0n) is 16.0. The first-order valence-corrected chi connectivity index (χ1v) is 10.7. The minimum absolute atomic E-state index is 0.0149. The van der Waals surface area contributed by atoms with Crippen LogP contribution in [-0.2, 0) is 24.1 Å². The maximum Gasteiger partial charge on any atom is 0.353 e. The Hall–Kier alpha value is -2.02. The van der Waals surface area contributed by atoms with Crippen molar-refractivity contribution < 1.29 is 22.7 Å². The average molecular weight is 381 g/mol. The lowest BCUT2D eigenvalue weighted by molar-refractivity contribution is -0.137. The number of allylic oxidation sites excluding steroid dienone is 2. The molecule has 2 aliphatic rings. The van der Waals surface area contributed by atoms with Gasteiger partial charge in [0, 0.05) is 31.0 Å². The van der Waals surface area contributed by atoms with Gasteiger partial charge in [-0.15, -0.1) is 0 Å². The van der Waals surface area contributed by atoms with Crippen LogP contribution in [0.4, 0.5) is 0 Å². The number of carbonyl (C=O) groups excluding carboxylic acids is 1. The molecule has 0 aromatic rings. The number of likely N-dealkylation sites (N-methyl/N-ethyl adjacent to an activating group) is 1. The van der Waals surface area contributed by atoms with E-state index < -0.39 is 20.7 Å². The Morgan fingerprint density at radius 2 is 1.92 bits per heavy atom. The lowest BCUT2D eigenvalue weighted by atomic mass is 9.87. The van der Waals surface area contributed by atoms with Gasteiger partial charge in [-0.1, -0.05) is 11.6 Å². The first kappa shape index (κ1) is 20.3. The molecule has 0 radical (unpaired) electrons. The van der Waals surface area contributed by atoms with E-state index in [9.17, 15) is 13.2 Å². The van der Waals surface area contributed by atoms with Gasteiger partial charge in [0.15, 0.2) is 14.7 Å². The van der Waals surface area contributed by atoms with Gasteiger partial charge < -0.3 is 14.4 Å². The van der Waals surface area contributed by atoms with E-state index >= 15 is 0 Å². The lowest BCUT2D eigenvalue weighted by Gasteiger charge is -2.35. The number of ether oxygens (including phenoxy) is 2. The Morgan fingerprint density at radius 3 is 2.46 bits per heavy atom. The largest absolute Gasteiger partial charge is 0.484 e. The highest BCUT2D eigenvalue weighted by Gasteiger charge is 2.35. The maximum absolute atomic E-state index is 12.2. The van der Waals surface area contributed by atoms with Crippen LogP contribution in [0.1, 0.15) is 27.7 Å². The molecule has 6 nitrogen and oxygen atoms in total. The van der Waals surface area contributed by atoms with Crippen LogP contribution in [0.3, 0.4) is 0 Å². The number of esters is 1. The molecule has 1 heterocycles. The van der Waals surface area contributed by atoms with Crippen LogP contribution in [0, 0.1) is 5.92 Å². The van der Waals surface area contributed by atoms with Crippen molar-refractivity contribution in [2.75, 3.05) is 26.0 Å². The Balaban J connectivity index is 2.50. The molecule has 26 heavy (non-hydrogen) atoms. The normalized spacial score (nSPS) is 24.0. The highest BCUT2D eigenvalue weighted by molar-refractivity contribution is 7.95. The summed E-state index contributed by atoms with van der Waals surface area (Å²) in [6.45, 7) is 9.50. The van der Waals surface area contributed by atoms with Crippen molar-refractivity contribution in [3.05, 3.63) is 46.2 Å². The average Bonchev–Trinajstić information content (AvgIpc) is 2.54. The monoisotopic (exact) mass is 381 g/mol. The first-order chi connectivity index (χ1) is 12.2. The Morgan fingerprint density at radius 1 is 1.27 bits per heavy atom. The number of carbonyl (C=O) groups is 1. The molecular formula is C19H27NO5S. The number of rotatable bonds is 6. The third kappa shape index (κ3) is 4.20. The Kier molecular flexibility index (Phi) is 6.34. The molecule has 7 heteroatoms. The molecule has 2 atom stereocenters. The van der Waals surface area contributed by atoms with Gasteiger partial charge in [0.1, 0.15) is 11.9 Å². The van der Waals surface area contributed by atoms with E-state index in [4.69, 9.17) is 9.47 Å². The van der Waals surface area contributed by atoms with Crippen LogP contribution in [0.25, 0.3) is 0 Å². The minimum atomic E-state index is -3.80. The number of hydrogen-bond donors (Lipinski definition) is 0. The van der Waals surface area contributed by atoms with E-state index in [1.165, 1.54) is 0 Å². The topological polar surface area (TPSA) is 72.9 Å². The van der Waals surface area contributed by atoms with E-state index in [2.05, 4.69) is 30.9 Å². The molecule has 1 aliphatic heterocycles. The van der Waals surface area contributed by atoms with Crippen molar-refractivity contribution in [2.24, 2.45) is 5.92 Å². The van der Waals surface area contributed by atoms with Crippen molar-refractivity contribution in [3.8, 4) is 0 Å². The standard InChI is InChI=1S/C19H27NO5S/c1-6-20(7-2)14-9-10-15-13(4)11-17(25-16(15)12-14)18(26(5,22)23)19(21)24-8-3/h9-12,15-16H,6-8H2,1-5H3. The van der Waals surface area contributed by atoms with Crippen LogP contribution < -0.4 is 0 Å². The predicted molar refractivity (Wildman–Crippen MR) is 101 cm³/mol. The molecule has 0 fully saturated rings. The molecule has 144 valence electrons. The van der Waals surface area contributed by atoms with E-state index in [-0.39, 0.29) is 24.4 Å². The van der Waals surface area contributed by atoms with E-state index in [1.807, 2.05) is 13.0 Å². The van der Waals surface area contributed by atoms with Gasteiger partial charge >= 0.3 is 5.97 Å². The zero-order valence-corrected chi connectivity index (χ0v) is 16.8. The van der Waals surface area contributed by atoms with Crippen LogP contribution in [0.2, 0.25) is 0 Å². The van der Waals surface area contributed by atoms with Gasteiger partial charge in [-0.05, 0) is 45.9 Å². The first-order valence-electron chi connectivity index (χ1n) is 8.84. The molecule has 0 amide bonds. The second kappa shape index (κ2) is 8.12. The fraction of sp³-hybridized carbons (Fsp3) is 0.526. The quantitative estimate of drug-likeness (QED) is 0.520. The SMILES string of the molecule is CCOC(=O)C(=C1C=C(C)C2C=CC(N(CC)CC)=CC2O1)S(C)(=O)=O. The van der Waals surface area contributed by atoms with Gasteiger partial charge in [0.2, 0.25) is 0 Å². The zero-order chi connectivity index (χ0) is 19.5. The van der Waals surface area contributed by atoms with Crippen LogP contribution in [0.5, 0.6) is 0 Å². The highest BCUT2D eigenvalue weighted by atomic mass is 32.2. The summed E-state index contributed by atoms with van der Waals surface area (Å²) in [5, 5.41) is 0. The molecule has 0 N–H and O–H groups in total. The summed E-state index contributed by atoms with van der Waals surface area (Å²) < 4.78 is 35.2. The number of nitrogens with zero attached hydrogens (tertiary/aromatic N) is 1. The van der Waals surface area contributed by atoms with Gasteiger partial charge in [-0.25, -0.2) is 13.2 Å². The van der Waals surface area contributed by atoms with Gasteiger partial charge in [-0.3, -0.25) is 0 Å². The van der Waals surface area contributed by atoms with Crippen LogP contribution in [0.15, 0.2) is 46.2 Å². The molecule has 2 unspecified atom stereocenters. The molecular weight excluding hydrogens is 354 g/mol. The van der Waals surface area contributed by atoms with E-state index in [1.54, 1.807) is 13.0 Å². The van der Waals surface area contributed by atoms with Crippen molar-refractivity contribution in [1.29, 1.82) is 0 Å². The van der Waals surface area contributed by atoms with Gasteiger partial charge in [0.25, 0.3) is 0 Å². The van der Waals surface area contributed by atoms with Gasteiger partial charge in [0.05, 0.1) is 6.61 Å². The molecule has 0 spiro atoms. The Bertz CT molecular complexity index is 785. The second-order valence-corrected chi connectivity index (χ2v) is 8.26. The summed E-state index contributed by atoms with van der Waals surface area (Å²) in [6.07, 6.45) is 8.36. The summed E-state index contributed by atoms with van der Waals surface area (Å²) >= 11 is 0. The fourth-order valence-electron chi connectivity index (χ4n) is 3.19. The molecule has 1 aliphatic carbocycles. The van der Waals surface area contributed by atoms with E-state index in [0.717, 1.165) is 30.6 Å². The minimum Gasteiger partial charge on any atom is -0.484 e. The maximum atomic E-state index is 12.2. The molecule has 0 saturated carbocycles. The van der Waals surface area contributed by atoms with Crippen LogP contribution >= 0.6 is 0 Å². The van der Waals surface area contributed by atoms with Crippen LogP contribution in [-0.4, -0.2) is 51.3 Å². The molecule has 0 aromatic carbocycles. The molecule has 2 rings (SSSR count). The highest BCUT2D eigenvalue weighted by Crippen LogP contribution is 2.35. The third-order valence-electron chi connectivity index (χ3n) is 4.49. The Labute approximate surface area is 155 Å². The fourth-order valence-corrected chi connectivity index (χ4v) is 4.03. The van der Waals surface area contributed by atoms with Crippen molar-refractivity contribution >= 4 is 15.8 Å². The lowest BCUT2D eigenvalue weighted by Crippen LogP contribution is -2.32. The molecule has 0 aromatic heterocycles. The summed E-state index contributed by atoms with van der Waals surface area (Å²) in [6, 6.07) is 0. The second-order valence-electron chi connectivity index (χ2n) is 6.31. The predicted octanol–water partition coefficient (Wildman–Crippen LogP) is 2.56. The summed E-state index contributed by atoms with van der Waals surface area (Å²) in [5.74, 6) is -0.817. The van der Waals surface area contributed by atoms with Crippen molar-refractivity contribution in [2.45, 2.75) is 33.8 Å². The van der Waals surface area contributed by atoms with Gasteiger partial charge in [-0.2, -0.15) is 0 Å². The summed E-state index contributed by atoms with van der Waals surface area (Å²) in [7, 11) is -3.80. The van der Waals surface area contributed by atoms with Crippen molar-refractivity contribution in [3.63, 3.8) is 0 Å². The molecule has 0 bridgehead atoms. The summed E-state index contributed by atoms with van der Waals surface area (Å²) in [5.41, 5.74) is 1.97. The number of hydrogen-bond acceptors (Lipinski definition) is 6. The third-order valence-corrected chi connectivity index (χ3v) is 5.60. The summed E-state index contributed by atoms with van der Waals surface area (Å²) in [4.78, 5) is 14.0. The van der Waals surface area contributed by atoms with E-state index in [0.29, 0.717) is 0 Å². The number of fused-ring (bicyclic) bond motifs is 1. The number of sulfone groups is 1.